The maximum absolute atomic E-state index is 12.6. The second kappa shape index (κ2) is 9.59. The first-order chi connectivity index (χ1) is 14.4. The average Bonchev–Trinajstić information content (AvgIpc) is 2.74. The van der Waals surface area contributed by atoms with Gasteiger partial charge in [-0.15, -0.1) is 0 Å². The molecular formula is C23H18ClN3O3. The Bertz CT molecular complexity index is 1140. The summed E-state index contributed by atoms with van der Waals surface area (Å²) in [7, 11) is 0. The minimum Gasteiger partial charge on any atom is -0.489 e. The second-order valence-electron chi connectivity index (χ2n) is 6.46. The van der Waals surface area contributed by atoms with Gasteiger partial charge in [-0.2, -0.15) is 5.26 Å². The molecule has 2 N–H and O–H groups in total. The standard InChI is InChI=1S/C23H18ClN3O3/c1-15(28)26-19-8-9-22(21(24)12-19)27-23(29)18-6-2-5-17(10-18)14-30-20-7-3-4-16(11-20)13-25/h2-12H,14H2,1H3,(H,26,28)(H,27,29). The summed E-state index contributed by atoms with van der Waals surface area (Å²) in [6.07, 6.45) is 0. The summed E-state index contributed by atoms with van der Waals surface area (Å²) in [6, 6.07) is 20.8. The van der Waals surface area contributed by atoms with Gasteiger partial charge < -0.3 is 15.4 Å². The molecule has 0 fully saturated rings. The summed E-state index contributed by atoms with van der Waals surface area (Å²) < 4.78 is 5.71. The largest absolute Gasteiger partial charge is 0.489 e. The highest BCUT2D eigenvalue weighted by Gasteiger charge is 2.10. The highest BCUT2D eigenvalue weighted by atomic mass is 35.5. The number of amides is 2. The van der Waals surface area contributed by atoms with Crippen molar-refractivity contribution in [3.8, 4) is 11.8 Å². The number of hydrogen-bond donors (Lipinski definition) is 2. The van der Waals surface area contributed by atoms with Gasteiger partial charge in [-0.25, -0.2) is 0 Å². The van der Waals surface area contributed by atoms with Crippen LogP contribution in [0.4, 0.5) is 11.4 Å². The fourth-order valence-corrected chi connectivity index (χ4v) is 2.94. The van der Waals surface area contributed by atoms with E-state index in [1.165, 1.54) is 6.92 Å². The van der Waals surface area contributed by atoms with Crippen LogP contribution in [0.25, 0.3) is 0 Å². The number of rotatable bonds is 6. The molecule has 0 aliphatic rings. The number of benzene rings is 3. The number of hydrogen-bond acceptors (Lipinski definition) is 4. The summed E-state index contributed by atoms with van der Waals surface area (Å²) in [5.41, 5.74) is 2.75. The zero-order chi connectivity index (χ0) is 21.5. The van der Waals surface area contributed by atoms with Gasteiger partial charge >= 0.3 is 0 Å². The van der Waals surface area contributed by atoms with Crippen LogP contribution in [-0.2, 0) is 11.4 Å². The number of carbonyl (C=O) groups excluding carboxylic acids is 2. The van der Waals surface area contributed by atoms with Crippen molar-refractivity contribution in [1.29, 1.82) is 5.26 Å². The average molecular weight is 420 g/mol. The molecule has 3 aromatic rings. The molecule has 3 rings (SSSR count). The van der Waals surface area contributed by atoms with Gasteiger partial charge in [-0.3, -0.25) is 9.59 Å². The van der Waals surface area contributed by atoms with Gasteiger partial charge in [-0.05, 0) is 54.1 Å². The first kappa shape index (κ1) is 20.9. The third-order valence-corrected chi connectivity index (χ3v) is 4.41. The summed E-state index contributed by atoms with van der Waals surface area (Å²) in [6.45, 7) is 1.66. The minimum atomic E-state index is -0.322. The van der Waals surface area contributed by atoms with E-state index in [1.54, 1.807) is 60.7 Å². The SMILES string of the molecule is CC(=O)Nc1ccc(NC(=O)c2cccc(COc3cccc(C#N)c3)c2)c(Cl)c1. The maximum atomic E-state index is 12.6. The Hall–Kier alpha value is -3.82. The summed E-state index contributed by atoms with van der Waals surface area (Å²) >= 11 is 6.21. The van der Waals surface area contributed by atoms with Gasteiger partial charge in [0.1, 0.15) is 12.4 Å². The van der Waals surface area contributed by atoms with E-state index < -0.39 is 0 Å². The molecule has 0 aromatic heterocycles. The number of nitrogens with zero attached hydrogens (tertiary/aromatic N) is 1. The molecule has 2 amide bonds. The predicted octanol–water partition coefficient (Wildman–Crippen LogP) is 5.00. The lowest BCUT2D eigenvalue weighted by Crippen LogP contribution is -2.13. The zero-order valence-electron chi connectivity index (χ0n) is 16.1. The van der Waals surface area contributed by atoms with Crippen LogP contribution in [0.3, 0.4) is 0 Å². The van der Waals surface area contributed by atoms with Crippen molar-refractivity contribution < 1.29 is 14.3 Å². The molecule has 150 valence electrons. The van der Waals surface area contributed by atoms with E-state index in [4.69, 9.17) is 21.6 Å². The molecule has 0 heterocycles. The topological polar surface area (TPSA) is 91.2 Å². The molecule has 0 aliphatic heterocycles. The number of carbonyl (C=O) groups is 2. The number of ether oxygens (including phenoxy) is 1. The molecular weight excluding hydrogens is 402 g/mol. The highest BCUT2D eigenvalue weighted by molar-refractivity contribution is 6.34. The van der Waals surface area contributed by atoms with Crippen molar-refractivity contribution >= 4 is 34.8 Å². The number of nitrogens with one attached hydrogen (secondary N) is 2. The molecule has 7 heteroatoms. The van der Waals surface area contributed by atoms with E-state index in [0.717, 1.165) is 5.56 Å². The Balaban J connectivity index is 1.67. The second-order valence-corrected chi connectivity index (χ2v) is 6.87. The fourth-order valence-electron chi connectivity index (χ4n) is 2.72. The van der Waals surface area contributed by atoms with Crippen LogP contribution in [0.2, 0.25) is 5.02 Å². The van der Waals surface area contributed by atoms with Gasteiger partial charge in [0.15, 0.2) is 0 Å². The molecule has 0 atom stereocenters. The minimum absolute atomic E-state index is 0.207. The molecule has 3 aromatic carbocycles. The van der Waals surface area contributed by atoms with Crippen molar-refractivity contribution in [3.05, 3.63) is 88.4 Å². The number of halogens is 1. The summed E-state index contributed by atoms with van der Waals surface area (Å²) in [5.74, 6) is 0.0497. The Morgan fingerprint density at radius 2 is 1.83 bits per heavy atom. The molecule has 0 spiro atoms. The van der Waals surface area contributed by atoms with E-state index in [0.29, 0.717) is 33.3 Å². The van der Waals surface area contributed by atoms with E-state index in [-0.39, 0.29) is 18.4 Å². The van der Waals surface area contributed by atoms with Gasteiger partial charge in [0, 0.05) is 18.2 Å². The van der Waals surface area contributed by atoms with Crippen molar-refractivity contribution in [3.63, 3.8) is 0 Å². The van der Waals surface area contributed by atoms with Gasteiger partial charge in [0.05, 0.1) is 22.3 Å². The van der Waals surface area contributed by atoms with E-state index in [1.807, 2.05) is 6.07 Å². The fraction of sp³-hybridized carbons (Fsp3) is 0.0870. The maximum Gasteiger partial charge on any atom is 0.255 e. The summed E-state index contributed by atoms with van der Waals surface area (Å²) in [4.78, 5) is 23.8. The molecule has 0 bridgehead atoms. The highest BCUT2D eigenvalue weighted by Crippen LogP contribution is 2.26. The Kier molecular flexibility index (Phi) is 6.68. The molecule has 0 saturated heterocycles. The van der Waals surface area contributed by atoms with Crippen molar-refractivity contribution in [2.24, 2.45) is 0 Å². The molecule has 0 radical (unpaired) electrons. The van der Waals surface area contributed by atoms with E-state index in [2.05, 4.69) is 16.7 Å². The van der Waals surface area contributed by atoms with Crippen molar-refractivity contribution in [2.45, 2.75) is 13.5 Å². The lowest BCUT2D eigenvalue weighted by Gasteiger charge is -2.11. The Morgan fingerprint density at radius 1 is 1.03 bits per heavy atom. The van der Waals surface area contributed by atoms with Crippen molar-refractivity contribution in [1.82, 2.24) is 0 Å². The molecule has 0 unspecified atom stereocenters. The smallest absolute Gasteiger partial charge is 0.255 e. The zero-order valence-corrected chi connectivity index (χ0v) is 16.9. The van der Waals surface area contributed by atoms with Gasteiger partial charge in [0.25, 0.3) is 5.91 Å². The van der Waals surface area contributed by atoms with Crippen LogP contribution in [0.15, 0.2) is 66.7 Å². The summed E-state index contributed by atoms with van der Waals surface area (Å²) in [5, 5.41) is 14.7. The Labute approximate surface area is 179 Å². The molecule has 30 heavy (non-hydrogen) atoms. The quantitative estimate of drug-likeness (QED) is 0.588. The first-order valence-corrected chi connectivity index (χ1v) is 9.43. The lowest BCUT2D eigenvalue weighted by atomic mass is 10.1. The van der Waals surface area contributed by atoms with Crippen molar-refractivity contribution in [2.75, 3.05) is 10.6 Å². The lowest BCUT2D eigenvalue weighted by molar-refractivity contribution is -0.114. The van der Waals surface area contributed by atoms with Crippen LogP contribution < -0.4 is 15.4 Å². The molecule has 0 saturated carbocycles. The molecule has 6 nitrogen and oxygen atoms in total. The normalized spacial score (nSPS) is 10.0. The Morgan fingerprint density at radius 3 is 2.57 bits per heavy atom. The van der Waals surface area contributed by atoms with E-state index in [9.17, 15) is 9.59 Å². The van der Waals surface area contributed by atoms with Crippen LogP contribution >= 0.6 is 11.6 Å². The third kappa shape index (κ3) is 5.60. The number of anilines is 2. The van der Waals surface area contributed by atoms with E-state index >= 15 is 0 Å². The van der Waals surface area contributed by atoms with Crippen LogP contribution in [0, 0.1) is 11.3 Å². The first-order valence-electron chi connectivity index (χ1n) is 9.05. The predicted molar refractivity (Wildman–Crippen MR) is 116 cm³/mol. The molecule has 0 aliphatic carbocycles. The van der Waals surface area contributed by atoms with Crippen LogP contribution in [0.1, 0.15) is 28.4 Å². The van der Waals surface area contributed by atoms with Crippen LogP contribution in [0.5, 0.6) is 5.75 Å². The van der Waals surface area contributed by atoms with Crippen LogP contribution in [-0.4, -0.2) is 11.8 Å². The number of nitriles is 1. The third-order valence-electron chi connectivity index (χ3n) is 4.10. The van der Waals surface area contributed by atoms with Gasteiger partial charge in [0.2, 0.25) is 5.91 Å². The van der Waals surface area contributed by atoms with Gasteiger partial charge in [-0.1, -0.05) is 29.8 Å². The monoisotopic (exact) mass is 419 g/mol.